The van der Waals surface area contributed by atoms with Gasteiger partial charge in [-0.15, -0.1) is 0 Å². The van der Waals surface area contributed by atoms with Crippen molar-refractivity contribution in [3.8, 4) is 0 Å². The maximum atomic E-state index is 13.4. The summed E-state index contributed by atoms with van der Waals surface area (Å²) in [6.45, 7) is 0. The van der Waals surface area contributed by atoms with E-state index < -0.39 is 17.7 Å². The van der Waals surface area contributed by atoms with Gasteiger partial charge < -0.3 is 10.4 Å². The fraction of sp³-hybridized carbons (Fsp3) is 0. The van der Waals surface area contributed by atoms with Gasteiger partial charge in [-0.25, -0.2) is 9.18 Å². The van der Waals surface area contributed by atoms with Crippen molar-refractivity contribution in [3.05, 3.63) is 59.9 Å². The second-order valence-corrected chi connectivity index (χ2v) is 3.92. The second-order valence-electron chi connectivity index (χ2n) is 3.92. The van der Waals surface area contributed by atoms with Crippen molar-refractivity contribution in [1.29, 1.82) is 0 Å². The molecule has 0 spiro atoms. The number of carbonyl (C=O) groups is 2. The first-order chi connectivity index (χ1) is 10.1. The third-order valence-electron chi connectivity index (χ3n) is 2.48. The van der Waals surface area contributed by atoms with E-state index in [9.17, 15) is 14.0 Å². The molecule has 0 aromatic carbocycles. The molecule has 0 unspecified atom stereocenters. The number of nitrogens with one attached hydrogen (secondary N) is 1. The Hall–Kier alpha value is -3.09. The topological polar surface area (TPSA) is 92.2 Å². The van der Waals surface area contributed by atoms with Crippen LogP contribution in [-0.2, 0) is 4.79 Å². The minimum Gasteiger partial charge on any atom is -0.478 e. The number of aliphatic carboxylic acids is 1. The number of halogens is 1. The van der Waals surface area contributed by atoms with Crippen LogP contribution in [0.3, 0.4) is 0 Å². The van der Waals surface area contributed by atoms with Crippen LogP contribution in [0.15, 0.2) is 42.9 Å². The fourth-order valence-corrected chi connectivity index (χ4v) is 1.56. The summed E-state index contributed by atoms with van der Waals surface area (Å²) in [7, 11) is 0. The Morgan fingerprint density at radius 3 is 2.81 bits per heavy atom. The molecule has 21 heavy (non-hydrogen) atoms. The first-order valence-electron chi connectivity index (χ1n) is 5.85. The third kappa shape index (κ3) is 3.69. The normalized spacial score (nSPS) is 10.5. The zero-order valence-corrected chi connectivity index (χ0v) is 10.7. The van der Waals surface area contributed by atoms with Crippen LogP contribution in [0.25, 0.3) is 6.08 Å². The predicted octanol–water partition coefficient (Wildman–Crippen LogP) is 1.97. The second kappa shape index (κ2) is 6.38. The first kappa shape index (κ1) is 14.3. The lowest BCUT2D eigenvalue weighted by Crippen LogP contribution is -2.16. The first-order valence-corrected chi connectivity index (χ1v) is 5.85. The van der Waals surface area contributed by atoms with Crippen LogP contribution in [0.5, 0.6) is 0 Å². The van der Waals surface area contributed by atoms with E-state index in [1.165, 1.54) is 30.6 Å². The van der Waals surface area contributed by atoms with Gasteiger partial charge in [0.25, 0.3) is 5.91 Å². The summed E-state index contributed by atoms with van der Waals surface area (Å²) in [6.07, 6.45) is 5.82. The number of aromatic nitrogens is 2. The number of anilines is 1. The Bertz CT molecular complexity index is 716. The van der Waals surface area contributed by atoms with Crippen molar-refractivity contribution in [2.45, 2.75) is 0 Å². The molecule has 0 radical (unpaired) electrons. The monoisotopic (exact) mass is 287 g/mol. The van der Waals surface area contributed by atoms with Crippen LogP contribution >= 0.6 is 0 Å². The van der Waals surface area contributed by atoms with Crippen molar-refractivity contribution in [3.63, 3.8) is 0 Å². The van der Waals surface area contributed by atoms with E-state index >= 15 is 0 Å². The molecule has 2 aromatic rings. The molecular formula is C14H10FN3O3. The van der Waals surface area contributed by atoms with Crippen LogP contribution in [0.4, 0.5) is 10.1 Å². The Balaban J connectivity index is 2.28. The molecule has 0 aliphatic heterocycles. The number of carboxylic acids is 1. The Morgan fingerprint density at radius 1 is 1.29 bits per heavy atom. The summed E-state index contributed by atoms with van der Waals surface area (Å²) in [4.78, 5) is 30.1. The van der Waals surface area contributed by atoms with Crippen molar-refractivity contribution >= 4 is 23.6 Å². The van der Waals surface area contributed by atoms with E-state index in [0.29, 0.717) is 5.56 Å². The highest BCUT2D eigenvalue weighted by Gasteiger charge is 2.13. The molecule has 1 amide bonds. The molecule has 2 N–H and O–H groups in total. The molecule has 0 atom stereocenters. The summed E-state index contributed by atoms with van der Waals surface area (Å²) in [5, 5.41) is 11.0. The fourth-order valence-electron chi connectivity index (χ4n) is 1.56. The number of amides is 1. The molecule has 6 nitrogen and oxygen atoms in total. The van der Waals surface area contributed by atoms with Crippen LogP contribution in [0.1, 0.15) is 16.1 Å². The highest BCUT2D eigenvalue weighted by molar-refractivity contribution is 6.05. The molecule has 0 bridgehead atoms. The maximum absolute atomic E-state index is 13.4. The Morgan fingerprint density at radius 2 is 2.10 bits per heavy atom. The van der Waals surface area contributed by atoms with E-state index in [2.05, 4.69) is 15.3 Å². The lowest BCUT2D eigenvalue weighted by atomic mass is 10.1. The van der Waals surface area contributed by atoms with Gasteiger partial charge in [0, 0.05) is 24.0 Å². The van der Waals surface area contributed by atoms with Crippen molar-refractivity contribution in [2.24, 2.45) is 0 Å². The predicted molar refractivity (Wildman–Crippen MR) is 73.1 cm³/mol. The Kier molecular flexibility index (Phi) is 4.35. The number of carbonyl (C=O) groups excluding carboxylic acids is 1. The van der Waals surface area contributed by atoms with Gasteiger partial charge in [-0.3, -0.25) is 14.8 Å². The SMILES string of the molecule is O=C(O)/C=C/c1cccnc1C(=O)Nc1ccncc1F. The van der Waals surface area contributed by atoms with E-state index in [4.69, 9.17) is 5.11 Å². The number of hydrogen-bond donors (Lipinski definition) is 2. The van der Waals surface area contributed by atoms with Crippen LogP contribution < -0.4 is 5.32 Å². The molecule has 0 aliphatic rings. The standard InChI is InChI=1S/C14H10FN3O3/c15-10-8-16-7-5-11(10)18-14(21)13-9(2-1-6-17-13)3-4-12(19)20/h1-8H,(H,19,20)(H,16,18,21)/b4-3+. The largest absolute Gasteiger partial charge is 0.478 e. The molecule has 7 heteroatoms. The van der Waals surface area contributed by atoms with Crippen LogP contribution in [-0.4, -0.2) is 27.0 Å². The van der Waals surface area contributed by atoms with E-state index in [1.807, 2.05) is 0 Å². The van der Waals surface area contributed by atoms with Gasteiger partial charge >= 0.3 is 5.97 Å². The quantitative estimate of drug-likeness (QED) is 0.839. The van der Waals surface area contributed by atoms with Gasteiger partial charge in [-0.2, -0.15) is 0 Å². The van der Waals surface area contributed by atoms with Gasteiger partial charge in [0.05, 0.1) is 11.9 Å². The zero-order chi connectivity index (χ0) is 15.2. The summed E-state index contributed by atoms with van der Waals surface area (Å²) < 4.78 is 13.4. The lowest BCUT2D eigenvalue weighted by molar-refractivity contribution is -0.131. The molecule has 2 rings (SSSR count). The number of hydrogen-bond acceptors (Lipinski definition) is 4. The number of carboxylic acid groups (broad SMARTS) is 1. The van der Waals surface area contributed by atoms with E-state index in [-0.39, 0.29) is 11.4 Å². The van der Waals surface area contributed by atoms with Gasteiger partial charge in [0.1, 0.15) is 5.69 Å². The molecule has 2 heterocycles. The van der Waals surface area contributed by atoms with Crippen molar-refractivity contribution < 1.29 is 19.1 Å². The Labute approximate surface area is 119 Å². The average molecular weight is 287 g/mol. The maximum Gasteiger partial charge on any atom is 0.328 e. The molecule has 0 fully saturated rings. The summed E-state index contributed by atoms with van der Waals surface area (Å²) in [6, 6.07) is 4.40. The molecule has 106 valence electrons. The van der Waals surface area contributed by atoms with Crippen LogP contribution in [0.2, 0.25) is 0 Å². The van der Waals surface area contributed by atoms with Crippen molar-refractivity contribution in [2.75, 3.05) is 5.32 Å². The summed E-state index contributed by atoms with van der Waals surface area (Å²) in [5.74, 6) is -2.47. The zero-order valence-electron chi connectivity index (χ0n) is 10.7. The number of nitrogens with zero attached hydrogens (tertiary/aromatic N) is 2. The molecule has 0 saturated heterocycles. The molecule has 0 saturated carbocycles. The van der Waals surface area contributed by atoms with E-state index in [1.54, 1.807) is 6.07 Å². The van der Waals surface area contributed by atoms with Gasteiger partial charge in [0.15, 0.2) is 5.82 Å². The highest BCUT2D eigenvalue weighted by atomic mass is 19.1. The third-order valence-corrected chi connectivity index (χ3v) is 2.48. The summed E-state index contributed by atoms with van der Waals surface area (Å²) in [5.41, 5.74) is 0.270. The van der Waals surface area contributed by atoms with Gasteiger partial charge in [-0.05, 0) is 18.2 Å². The van der Waals surface area contributed by atoms with Crippen LogP contribution in [0, 0.1) is 5.82 Å². The number of rotatable bonds is 4. The lowest BCUT2D eigenvalue weighted by Gasteiger charge is -2.07. The highest BCUT2D eigenvalue weighted by Crippen LogP contribution is 2.14. The number of pyridine rings is 2. The molecule has 0 aliphatic carbocycles. The van der Waals surface area contributed by atoms with E-state index in [0.717, 1.165) is 12.3 Å². The minimum atomic E-state index is -1.15. The smallest absolute Gasteiger partial charge is 0.328 e. The minimum absolute atomic E-state index is 0.00814. The molecule has 2 aromatic heterocycles. The average Bonchev–Trinajstić information content (AvgIpc) is 2.47. The summed E-state index contributed by atoms with van der Waals surface area (Å²) >= 11 is 0. The van der Waals surface area contributed by atoms with Gasteiger partial charge in [0.2, 0.25) is 0 Å². The van der Waals surface area contributed by atoms with Gasteiger partial charge in [-0.1, -0.05) is 6.07 Å². The molecular weight excluding hydrogens is 277 g/mol. The van der Waals surface area contributed by atoms with Crippen molar-refractivity contribution in [1.82, 2.24) is 9.97 Å².